The molecule has 0 saturated carbocycles. The van der Waals surface area contributed by atoms with Crippen molar-refractivity contribution in [3.63, 3.8) is 0 Å². The van der Waals surface area contributed by atoms with E-state index < -0.39 is 0 Å². The summed E-state index contributed by atoms with van der Waals surface area (Å²) in [4.78, 5) is 10.8. The molecule has 148 valence electrons. The van der Waals surface area contributed by atoms with Gasteiger partial charge in [0.05, 0.1) is 11.9 Å². The van der Waals surface area contributed by atoms with Crippen molar-refractivity contribution >= 4 is 5.96 Å². The van der Waals surface area contributed by atoms with Crippen LogP contribution in [0.3, 0.4) is 0 Å². The van der Waals surface area contributed by atoms with Gasteiger partial charge in [0.15, 0.2) is 5.96 Å². The van der Waals surface area contributed by atoms with E-state index in [-0.39, 0.29) is 0 Å². The topological polar surface area (TPSA) is 63.3 Å². The molecule has 1 N–H and O–H groups in total. The van der Waals surface area contributed by atoms with E-state index in [0.717, 1.165) is 55.5 Å². The first-order chi connectivity index (χ1) is 13.7. The summed E-state index contributed by atoms with van der Waals surface area (Å²) in [7, 11) is 3.87. The number of aliphatic imine (C=N–C) groups is 1. The number of para-hydroxylation sites is 1. The Morgan fingerprint density at radius 3 is 2.75 bits per heavy atom. The van der Waals surface area contributed by atoms with Crippen molar-refractivity contribution < 1.29 is 0 Å². The van der Waals surface area contributed by atoms with Crippen molar-refractivity contribution in [1.82, 2.24) is 29.5 Å². The van der Waals surface area contributed by atoms with E-state index in [1.54, 1.807) is 0 Å². The van der Waals surface area contributed by atoms with Crippen LogP contribution >= 0.6 is 0 Å². The largest absolute Gasteiger partial charge is 0.356 e. The van der Waals surface area contributed by atoms with Gasteiger partial charge in [-0.15, -0.1) is 0 Å². The summed E-state index contributed by atoms with van der Waals surface area (Å²) in [6.07, 6.45) is 10.0. The molecule has 0 aliphatic carbocycles. The van der Waals surface area contributed by atoms with E-state index in [9.17, 15) is 0 Å². The highest BCUT2D eigenvalue weighted by Gasteiger charge is 2.08. The van der Waals surface area contributed by atoms with Gasteiger partial charge in [-0.1, -0.05) is 18.2 Å². The normalized spacial score (nSPS) is 11.6. The molecular weight excluding hydrogens is 350 g/mol. The molecular formula is C21H29N7. The Bertz CT molecular complexity index is 879. The number of benzene rings is 1. The van der Waals surface area contributed by atoms with Gasteiger partial charge in [-0.25, -0.2) is 9.67 Å². The van der Waals surface area contributed by atoms with Crippen LogP contribution in [0.1, 0.15) is 24.2 Å². The summed E-state index contributed by atoms with van der Waals surface area (Å²) in [5, 5.41) is 7.91. The highest BCUT2D eigenvalue weighted by molar-refractivity contribution is 5.79. The molecule has 0 unspecified atom stereocenters. The second-order valence-electron chi connectivity index (χ2n) is 6.83. The fourth-order valence-corrected chi connectivity index (χ4v) is 3.14. The van der Waals surface area contributed by atoms with Gasteiger partial charge in [0.2, 0.25) is 0 Å². The third kappa shape index (κ3) is 5.22. The minimum atomic E-state index is 0.751. The number of nitrogens with one attached hydrogen (secondary N) is 1. The molecule has 28 heavy (non-hydrogen) atoms. The molecule has 3 aromatic rings. The molecule has 0 amide bonds. The molecule has 2 heterocycles. The lowest BCUT2D eigenvalue weighted by Crippen LogP contribution is -2.38. The van der Waals surface area contributed by atoms with Crippen LogP contribution in [0.5, 0.6) is 0 Å². The zero-order valence-electron chi connectivity index (χ0n) is 16.9. The van der Waals surface area contributed by atoms with Crippen LogP contribution in [0.15, 0.2) is 60.1 Å². The number of nitrogens with zero attached hydrogens (tertiary/aromatic N) is 6. The fourth-order valence-electron chi connectivity index (χ4n) is 3.14. The zero-order valence-corrected chi connectivity index (χ0v) is 16.9. The minimum Gasteiger partial charge on any atom is -0.356 e. The van der Waals surface area contributed by atoms with Crippen molar-refractivity contribution in [2.45, 2.75) is 32.9 Å². The van der Waals surface area contributed by atoms with Gasteiger partial charge >= 0.3 is 0 Å². The van der Waals surface area contributed by atoms with Crippen molar-refractivity contribution in [2.24, 2.45) is 4.99 Å². The minimum absolute atomic E-state index is 0.751. The maximum Gasteiger partial charge on any atom is 0.193 e. The molecule has 0 spiro atoms. The van der Waals surface area contributed by atoms with Crippen LogP contribution in [0.25, 0.3) is 5.69 Å². The zero-order chi connectivity index (χ0) is 19.8. The lowest BCUT2D eigenvalue weighted by molar-refractivity contribution is 0.473. The summed E-state index contributed by atoms with van der Waals surface area (Å²) in [5.41, 5.74) is 2.21. The lowest BCUT2D eigenvalue weighted by Gasteiger charge is -2.21. The quantitative estimate of drug-likeness (QED) is 0.371. The van der Waals surface area contributed by atoms with Gasteiger partial charge in [0.1, 0.15) is 5.82 Å². The van der Waals surface area contributed by atoms with Crippen LogP contribution in [0, 0.1) is 6.92 Å². The SMILES string of the molecule is CN=C(NCCCCn1ccnc1C)N(C)Cc1cnn(-c2ccccc2)c1. The second-order valence-corrected chi connectivity index (χ2v) is 6.83. The first-order valence-corrected chi connectivity index (χ1v) is 9.66. The van der Waals surface area contributed by atoms with Crippen LogP contribution in [0.2, 0.25) is 0 Å². The summed E-state index contributed by atoms with van der Waals surface area (Å²) in [6.45, 7) is 4.68. The molecule has 1 aromatic carbocycles. The van der Waals surface area contributed by atoms with Crippen LogP contribution in [0.4, 0.5) is 0 Å². The van der Waals surface area contributed by atoms with Crippen LogP contribution in [-0.2, 0) is 13.1 Å². The summed E-state index contributed by atoms with van der Waals surface area (Å²) >= 11 is 0. The molecule has 0 aliphatic rings. The predicted molar refractivity (Wildman–Crippen MR) is 113 cm³/mol. The van der Waals surface area contributed by atoms with E-state index in [1.807, 2.05) is 74.6 Å². The molecule has 0 atom stereocenters. The van der Waals surface area contributed by atoms with Crippen LogP contribution in [-0.4, -0.2) is 50.8 Å². The fraction of sp³-hybridized carbons (Fsp3) is 0.381. The Hall–Kier alpha value is -3.09. The number of aromatic nitrogens is 4. The number of unbranched alkanes of at least 4 members (excludes halogenated alkanes) is 1. The van der Waals surface area contributed by atoms with E-state index in [0.29, 0.717) is 0 Å². The van der Waals surface area contributed by atoms with Gasteiger partial charge in [-0.3, -0.25) is 4.99 Å². The van der Waals surface area contributed by atoms with Crippen molar-refractivity contribution in [2.75, 3.05) is 20.6 Å². The monoisotopic (exact) mass is 379 g/mol. The lowest BCUT2D eigenvalue weighted by atomic mass is 10.3. The Balaban J connectivity index is 1.44. The standard InChI is InChI=1S/C21H29N7/c1-18-23-12-14-27(18)13-8-7-11-24-21(22-2)26(3)16-19-15-25-28(17-19)20-9-5-4-6-10-20/h4-6,9-10,12,14-15,17H,7-8,11,13,16H2,1-3H3,(H,22,24). The van der Waals surface area contributed by atoms with Crippen molar-refractivity contribution in [3.05, 3.63) is 66.5 Å². The molecule has 0 bridgehead atoms. The first-order valence-electron chi connectivity index (χ1n) is 9.66. The molecule has 7 nitrogen and oxygen atoms in total. The van der Waals surface area contributed by atoms with Crippen molar-refractivity contribution in [3.8, 4) is 5.69 Å². The van der Waals surface area contributed by atoms with Crippen molar-refractivity contribution in [1.29, 1.82) is 0 Å². The second kappa shape index (κ2) is 9.73. The third-order valence-electron chi connectivity index (χ3n) is 4.68. The summed E-state index contributed by atoms with van der Waals surface area (Å²) in [5.74, 6) is 1.96. The van der Waals surface area contributed by atoms with E-state index in [2.05, 4.69) is 36.1 Å². The van der Waals surface area contributed by atoms with Crippen LogP contribution < -0.4 is 5.32 Å². The van der Waals surface area contributed by atoms with Gasteiger partial charge in [-0.05, 0) is 31.9 Å². The number of guanidine groups is 1. The number of rotatable bonds is 8. The molecule has 2 aromatic heterocycles. The van der Waals surface area contributed by atoms with E-state index in [4.69, 9.17) is 0 Å². The third-order valence-corrected chi connectivity index (χ3v) is 4.68. The Morgan fingerprint density at radius 1 is 1.21 bits per heavy atom. The number of aryl methyl sites for hydroxylation is 2. The number of imidazole rings is 1. The van der Waals surface area contributed by atoms with Gasteiger partial charge in [0, 0.05) is 57.9 Å². The maximum absolute atomic E-state index is 4.46. The highest BCUT2D eigenvalue weighted by Crippen LogP contribution is 2.09. The Labute approximate surface area is 166 Å². The molecule has 7 heteroatoms. The number of hydrogen-bond donors (Lipinski definition) is 1. The first kappa shape index (κ1) is 19.7. The molecule has 0 aliphatic heterocycles. The smallest absolute Gasteiger partial charge is 0.193 e. The average molecular weight is 380 g/mol. The Kier molecular flexibility index (Phi) is 6.84. The maximum atomic E-state index is 4.46. The van der Waals surface area contributed by atoms with E-state index >= 15 is 0 Å². The van der Waals surface area contributed by atoms with E-state index in [1.165, 1.54) is 0 Å². The molecule has 3 rings (SSSR count). The van der Waals surface area contributed by atoms with Gasteiger partial charge in [-0.2, -0.15) is 5.10 Å². The summed E-state index contributed by atoms with van der Waals surface area (Å²) < 4.78 is 4.09. The molecule has 0 saturated heterocycles. The molecule has 0 fully saturated rings. The Morgan fingerprint density at radius 2 is 2.04 bits per heavy atom. The average Bonchev–Trinajstić information content (AvgIpc) is 3.34. The van der Waals surface area contributed by atoms with Gasteiger partial charge in [0.25, 0.3) is 0 Å². The molecule has 0 radical (unpaired) electrons. The summed E-state index contributed by atoms with van der Waals surface area (Å²) in [6, 6.07) is 10.1. The predicted octanol–water partition coefficient (Wildman–Crippen LogP) is 2.86. The van der Waals surface area contributed by atoms with Gasteiger partial charge < -0.3 is 14.8 Å². The number of hydrogen-bond acceptors (Lipinski definition) is 3. The highest BCUT2D eigenvalue weighted by atomic mass is 15.3.